The van der Waals surface area contributed by atoms with E-state index in [0.717, 1.165) is 0 Å². The lowest BCUT2D eigenvalue weighted by atomic mass is 9.80. The number of ether oxygens (including phenoxy) is 2. The molecule has 2 unspecified atom stereocenters. The van der Waals surface area contributed by atoms with Gasteiger partial charge in [0.15, 0.2) is 0 Å². The first kappa shape index (κ1) is 29.4. The van der Waals surface area contributed by atoms with E-state index in [4.69, 9.17) is 14.6 Å². The number of amides is 2. The van der Waals surface area contributed by atoms with E-state index in [-0.39, 0.29) is 49.0 Å². The molecule has 0 aromatic rings. The van der Waals surface area contributed by atoms with Gasteiger partial charge in [0.2, 0.25) is 0 Å². The van der Waals surface area contributed by atoms with Crippen LogP contribution in [0.3, 0.4) is 0 Å². The molecular weight excluding hydrogens is 444 g/mol. The second kappa shape index (κ2) is 12.2. The van der Waals surface area contributed by atoms with Crippen LogP contribution in [0, 0.1) is 11.3 Å². The summed E-state index contributed by atoms with van der Waals surface area (Å²) >= 11 is 0. The van der Waals surface area contributed by atoms with Crippen molar-refractivity contribution in [3.05, 3.63) is 0 Å². The maximum atomic E-state index is 12.0. The third-order valence-electron chi connectivity index (χ3n) is 5.60. The number of piperidine rings is 1. The first-order chi connectivity index (χ1) is 15.6. The van der Waals surface area contributed by atoms with E-state index < -0.39 is 29.7 Å². The summed E-state index contributed by atoms with van der Waals surface area (Å²) in [6.07, 6.45) is -0.207. The second-order valence-electron chi connectivity index (χ2n) is 10.6. The number of nitrogens with zero attached hydrogens (tertiary/aromatic N) is 2. The molecule has 2 amide bonds. The molecule has 2 rings (SSSR count). The summed E-state index contributed by atoms with van der Waals surface area (Å²) < 4.78 is 10.2. The van der Waals surface area contributed by atoms with Crippen LogP contribution in [0.25, 0.3) is 0 Å². The summed E-state index contributed by atoms with van der Waals surface area (Å²) in [5.41, 5.74) is -0.748. The van der Waals surface area contributed by atoms with Gasteiger partial charge in [-0.3, -0.25) is 14.4 Å². The second-order valence-corrected chi connectivity index (χ2v) is 10.6. The van der Waals surface area contributed by atoms with Crippen molar-refractivity contribution in [2.24, 2.45) is 11.3 Å². The molecule has 2 fully saturated rings. The van der Waals surface area contributed by atoms with Gasteiger partial charge in [-0.2, -0.15) is 0 Å². The van der Waals surface area contributed by atoms with Crippen LogP contribution in [-0.4, -0.2) is 82.5 Å². The fraction of sp³-hybridized carbons (Fsp3) is 0.792. The Balaban J connectivity index is 0.000000362. The Morgan fingerprint density at radius 2 is 1.62 bits per heavy atom. The summed E-state index contributed by atoms with van der Waals surface area (Å²) in [7, 11) is 0. The van der Waals surface area contributed by atoms with Gasteiger partial charge in [0.1, 0.15) is 23.1 Å². The molecule has 0 aromatic carbocycles. The maximum absolute atomic E-state index is 12.0. The molecule has 2 aliphatic rings. The van der Waals surface area contributed by atoms with Crippen LogP contribution < -0.4 is 0 Å². The minimum absolute atomic E-state index is 0.155. The molecule has 2 saturated heterocycles. The fourth-order valence-electron chi connectivity index (χ4n) is 3.81. The summed E-state index contributed by atoms with van der Waals surface area (Å²) in [5, 5.41) is 8.97. The van der Waals surface area contributed by atoms with Gasteiger partial charge < -0.3 is 24.4 Å². The lowest BCUT2D eigenvalue weighted by Crippen LogP contribution is -2.51. The molecule has 0 spiro atoms. The lowest BCUT2D eigenvalue weighted by molar-refractivity contribution is -0.151. The number of carbonyl (C=O) groups excluding carboxylic acids is 4. The Labute approximate surface area is 201 Å². The Bertz CT molecular complexity index is 766. The van der Waals surface area contributed by atoms with Crippen LogP contribution in [0.4, 0.5) is 9.59 Å². The van der Waals surface area contributed by atoms with Crippen molar-refractivity contribution in [3.8, 4) is 0 Å². The van der Waals surface area contributed by atoms with E-state index in [9.17, 15) is 24.0 Å². The summed E-state index contributed by atoms with van der Waals surface area (Å²) in [6, 6.07) is -0.179. The van der Waals surface area contributed by atoms with E-state index in [2.05, 4.69) is 0 Å². The van der Waals surface area contributed by atoms with Crippen molar-refractivity contribution in [1.29, 1.82) is 0 Å². The average Bonchev–Trinajstić information content (AvgIpc) is 2.88. The zero-order valence-electron chi connectivity index (χ0n) is 21.5. The van der Waals surface area contributed by atoms with E-state index in [1.165, 1.54) is 9.80 Å². The molecule has 194 valence electrons. The smallest absolute Gasteiger partial charge is 0.410 e. The van der Waals surface area contributed by atoms with E-state index in [1.807, 2.05) is 20.8 Å². The molecule has 0 saturated carbocycles. The minimum atomic E-state index is -0.919. The molecule has 10 heteroatoms. The molecule has 0 aliphatic carbocycles. The van der Waals surface area contributed by atoms with Crippen molar-refractivity contribution < 1.29 is 38.6 Å². The fourth-order valence-corrected chi connectivity index (χ4v) is 3.81. The quantitative estimate of drug-likeness (QED) is 0.465. The van der Waals surface area contributed by atoms with E-state index >= 15 is 0 Å². The predicted molar refractivity (Wildman–Crippen MR) is 124 cm³/mol. The molecule has 2 aliphatic heterocycles. The minimum Gasteiger partial charge on any atom is -0.465 e. The third-order valence-corrected chi connectivity index (χ3v) is 5.60. The normalized spacial score (nSPS) is 21.7. The lowest BCUT2D eigenvalue weighted by Gasteiger charge is -2.41. The molecule has 1 N–H and O–H groups in total. The number of hydrogen-bond acceptors (Lipinski definition) is 7. The van der Waals surface area contributed by atoms with Crippen LogP contribution >= 0.6 is 0 Å². The molecule has 0 aromatic heterocycles. The van der Waals surface area contributed by atoms with Crippen molar-refractivity contribution in [3.63, 3.8) is 0 Å². The predicted octanol–water partition coefficient (Wildman–Crippen LogP) is 3.51. The van der Waals surface area contributed by atoms with Gasteiger partial charge >= 0.3 is 18.2 Å². The number of Topliss-reactive ketones (excluding diaryl/α,β-unsaturated/α-hetero) is 2. The third kappa shape index (κ3) is 9.30. The molecule has 2 heterocycles. The monoisotopic (exact) mass is 484 g/mol. The summed E-state index contributed by atoms with van der Waals surface area (Å²) in [6.45, 7) is 14.2. The number of rotatable bonds is 2. The number of ketones is 2. The molecule has 2 atom stereocenters. The number of carbonyl (C=O) groups is 5. The zero-order chi connectivity index (χ0) is 26.3. The number of carboxylic acid groups (broad SMARTS) is 1. The van der Waals surface area contributed by atoms with Crippen LogP contribution in [0.2, 0.25) is 0 Å². The number of hydrogen-bond donors (Lipinski definition) is 1. The summed E-state index contributed by atoms with van der Waals surface area (Å²) in [5.74, 6) is -1.26. The van der Waals surface area contributed by atoms with Gasteiger partial charge in [0.05, 0.1) is 6.61 Å². The Hall–Kier alpha value is -2.65. The van der Waals surface area contributed by atoms with Gasteiger partial charge in [-0.1, -0.05) is 20.8 Å². The Morgan fingerprint density at radius 3 is 2.12 bits per heavy atom. The SMILES string of the molecule is CC(C)(C)C1CC(=O)CCN1C(=O)O.CCOC(=O)C1CCN(C(=O)OC(C)(C)C)CCC1=O. The zero-order valence-corrected chi connectivity index (χ0v) is 21.5. The Kier molecular flexibility index (Phi) is 10.5. The highest BCUT2D eigenvalue weighted by atomic mass is 16.6. The van der Waals surface area contributed by atoms with Gasteiger partial charge in [-0.15, -0.1) is 0 Å². The first-order valence-electron chi connectivity index (χ1n) is 11.7. The Morgan fingerprint density at radius 1 is 1.00 bits per heavy atom. The van der Waals surface area contributed by atoms with Crippen LogP contribution in [0.5, 0.6) is 0 Å². The molecule has 0 bridgehead atoms. The standard InChI is InChI=1S/C14H23NO5.C10H17NO3/c1-5-19-12(17)10-6-8-15(9-7-11(10)16)13(18)20-14(2,3)4;1-10(2,3)8-6-7(12)4-5-11(8)9(13)14/h10H,5-9H2,1-4H3;8H,4-6H2,1-3H3,(H,13,14). The molecule has 10 nitrogen and oxygen atoms in total. The van der Waals surface area contributed by atoms with Crippen molar-refractivity contribution in [1.82, 2.24) is 9.80 Å². The van der Waals surface area contributed by atoms with Crippen molar-refractivity contribution >= 4 is 29.7 Å². The first-order valence-corrected chi connectivity index (χ1v) is 11.7. The number of esters is 1. The van der Waals surface area contributed by atoms with Gasteiger partial charge in [-0.05, 0) is 39.5 Å². The van der Waals surface area contributed by atoms with Crippen LogP contribution in [-0.2, 0) is 23.9 Å². The molecular formula is C24H40N2O8. The van der Waals surface area contributed by atoms with Crippen molar-refractivity contribution in [2.45, 2.75) is 85.8 Å². The van der Waals surface area contributed by atoms with E-state index in [0.29, 0.717) is 25.9 Å². The van der Waals surface area contributed by atoms with Gasteiger partial charge in [0, 0.05) is 44.9 Å². The highest BCUT2D eigenvalue weighted by Crippen LogP contribution is 2.30. The van der Waals surface area contributed by atoms with E-state index in [1.54, 1.807) is 27.7 Å². The largest absolute Gasteiger partial charge is 0.465 e. The summed E-state index contributed by atoms with van der Waals surface area (Å²) in [4.78, 5) is 60.6. The van der Waals surface area contributed by atoms with Crippen LogP contribution in [0.1, 0.15) is 74.1 Å². The molecule has 0 radical (unpaired) electrons. The highest BCUT2D eigenvalue weighted by Gasteiger charge is 2.38. The number of likely N-dealkylation sites (tertiary alicyclic amines) is 2. The highest BCUT2D eigenvalue weighted by molar-refractivity contribution is 5.99. The van der Waals surface area contributed by atoms with Gasteiger partial charge in [0.25, 0.3) is 0 Å². The van der Waals surface area contributed by atoms with Crippen LogP contribution in [0.15, 0.2) is 0 Å². The van der Waals surface area contributed by atoms with Gasteiger partial charge in [-0.25, -0.2) is 9.59 Å². The van der Waals surface area contributed by atoms with Crippen molar-refractivity contribution in [2.75, 3.05) is 26.2 Å². The average molecular weight is 485 g/mol. The molecule has 34 heavy (non-hydrogen) atoms. The topological polar surface area (TPSA) is 131 Å². The maximum Gasteiger partial charge on any atom is 0.410 e.